The quantitative estimate of drug-likeness (QED) is 0.783. The molecule has 29 heavy (non-hydrogen) atoms. The number of piperidine rings is 1. The van der Waals surface area contributed by atoms with Crippen molar-refractivity contribution >= 4 is 11.8 Å². The van der Waals surface area contributed by atoms with Crippen LogP contribution in [0, 0.1) is 5.92 Å². The number of carbonyl (C=O) groups excluding carboxylic acids is 2. The topological polar surface area (TPSA) is 71.5 Å². The fraction of sp³-hybridized carbons (Fsp3) is 0.435. The van der Waals surface area contributed by atoms with E-state index in [-0.39, 0.29) is 11.8 Å². The monoisotopic (exact) mass is 395 g/mol. The number of hydrogen-bond donors (Lipinski definition) is 1. The highest BCUT2D eigenvalue weighted by Gasteiger charge is 2.24. The number of benzene rings is 1. The maximum absolute atomic E-state index is 12.6. The normalized spacial score (nSPS) is 14.5. The zero-order valence-electron chi connectivity index (χ0n) is 17.2. The molecule has 0 bridgehead atoms. The van der Waals surface area contributed by atoms with E-state index in [4.69, 9.17) is 4.74 Å². The second-order valence-electron chi connectivity index (χ2n) is 7.52. The molecule has 0 saturated carbocycles. The minimum absolute atomic E-state index is 0.0408. The van der Waals surface area contributed by atoms with Crippen LogP contribution in [-0.4, -0.2) is 48.9 Å². The number of amides is 2. The summed E-state index contributed by atoms with van der Waals surface area (Å²) in [5.74, 6) is 1.21. The number of hydrogen-bond acceptors (Lipinski definition) is 4. The highest BCUT2D eigenvalue weighted by molar-refractivity contribution is 5.94. The Bertz CT molecular complexity index is 810. The van der Waals surface area contributed by atoms with Crippen molar-refractivity contribution in [2.24, 2.45) is 5.92 Å². The maximum Gasteiger partial charge on any atom is 0.255 e. The van der Waals surface area contributed by atoms with Gasteiger partial charge in [0.25, 0.3) is 5.91 Å². The molecule has 1 aliphatic rings. The van der Waals surface area contributed by atoms with Crippen molar-refractivity contribution in [2.45, 2.75) is 32.1 Å². The van der Waals surface area contributed by atoms with Crippen LogP contribution in [-0.2, 0) is 17.6 Å². The van der Waals surface area contributed by atoms with Gasteiger partial charge in [0.1, 0.15) is 0 Å². The van der Waals surface area contributed by atoms with Gasteiger partial charge in [-0.2, -0.15) is 0 Å². The van der Waals surface area contributed by atoms with Crippen molar-refractivity contribution in [1.29, 1.82) is 0 Å². The van der Waals surface area contributed by atoms with Gasteiger partial charge >= 0.3 is 0 Å². The van der Waals surface area contributed by atoms with E-state index in [1.54, 1.807) is 32.5 Å². The summed E-state index contributed by atoms with van der Waals surface area (Å²) < 4.78 is 5.05. The molecular weight excluding hydrogens is 366 g/mol. The van der Waals surface area contributed by atoms with Crippen LogP contribution < -0.4 is 10.1 Å². The third kappa shape index (κ3) is 5.79. The minimum Gasteiger partial charge on any atom is -0.481 e. The van der Waals surface area contributed by atoms with Gasteiger partial charge in [-0.25, -0.2) is 4.98 Å². The summed E-state index contributed by atoms with van der Waals surface area (Å²) in [6, 6.07) is 12.1. The second-order valence-corrected chi connectivity index (χ2v) is 7.52. The third-order valence-corrected chi connectivity index (χ3v) is 5.56. The van der Waals surface area contributed by atoms with Gasteiger partial charge in [0, 0.05) is 38.8 Å². The first-order valence-corrected chi connectivity index (χ1v) is 10.2. The van der Waals surface area contributed by atoms with E-state index in [1.165, 1.54) is 11.1 Å². The number of ether oxygens (including phenoxy) is 1. The summed E-state index contributed by atoms with van der Waals surface area (Å²) in [4.78, 5) is 30.1. The van der Waals surface area contributed by atoms with E-state index in [9.17, 15) is 9.59 Å². The molecule has 0 unspecified atom stereocenters. The summed E-state index contributed by atoms with van der Waals surface area (Å²) in [6.45, 7) is 1.56. The lowest BCUT2D eigenvalue weighted by molar-refractivity contribution is -0.120. The molecular formula is C23H29N3O3. The highest BCUT2D eigenvalue weighted by Crippen LogP contribution is 2.23. The molecule has 2 aromatic rings. The van der Waals surface area contributed by atoms with E-state index >= 15 is 0 Å². The zero-order chi connectivity index (χ0) is 20.6. The number of nitrogens with zero attached hydrogens (tertiary/aromatic N) is 2. The predicted octanol–water partition coefficient (Wildman–Crippen LogP) is 2.86. The lowest BCUT2D eigenvalue weighted by atomic mass is 9.89. The molecule has 1 aromatic heterocycles. The van der Waals surface area contributed by atoms with Gasteiger partial charge in [-0.3, -0.25) is 9.59 Å². The number of aromatic nitrogens is 1. The average Bonchev–Trinajstić information content (AvgIpc) is 2.78. The van der Waals surface area contributed by atoms with Crippen LogP contribution in [0.3, 0.4) is 0 Å². The van der Waals surface area contributed by atoms with Gasteiger partial charge in [0.2, 0.25) is 11.8 Å². The van der Waals surface area contributed by atoms with Crippen molar-refractivity contribution < 1.29 is 14.3 Å². The lowest BCUT2D eigenvalue weighted by Crippen LogP contribution is -2.38. The molecule has 1 fully saturated rings. The summed E-state index contributed by atoms with van der Waals surface area (Å²) in [5, 5.41) is 2.65. The third-order valence-electron chi connectivity index (χ3n) is 5.56. The molecule has 0 aliphatic carbocycles. The van der Waals surface area contributed by atoms with Gasteiger partial charge in [0.05, 0.1) is 12.7 Å². The van der Waals surface area contributed by atoms with E-state index in [1.807, 2.05) is 4.90 Å². The van der Waals surface area contributed by atoms with Crippen molar-refractivity contribution in [1.82, 2.24) is 15.2 Å². The van der Waals surface area contributed by atoms with Crippen molar-refractivity contribution in [3.63, 3.8) is 0 Å². The van der Waals surface area contributed by atoms with Gasteiger partial charge in [-0.1, -0.05) is 24.3 Å². The minimum atomic E-state index is 0.0408. The van der Waals surface area contributed by atoms with Crippen molar-refractivity contribution in [3.8, 4) is 5.88 Å². The number of methoxy groups -OCH3 is 1. The smallest absolute Gasteiger partial charge is 0.255 e. The molecule has 6 nitrogen and oxygen atoms in total. The fourth-order valence-electron chi connectivity index (χ4n) is 3.71. The van der Waals surface area contributed by atoms with Gasteiger partial charge < -0.3 is 15.0 Å². The predicted molar refractivity (Wildman–Crippen MR) is 112 cm³/mol. The molecule has 3 rings (SSSR count). The Hall–Kier alpha value is -2.89. The van der Waals surface area contributed by atoms with Gasteiger partial charge in [-0.15, -0.1) is 0 Å². The van der Waals surface area contributed by atoms with E-state index < -0.39 is 0 Å². The zero-order valence-corrected chi connectivity index (χ0v) is 17.2. The summed E-state index contributed by atoms with van der Waals surface area (Å²) in [5.41, 5.74) is 3.11. The fourth-order valence-corrected chi connectivity index (χ4v) is 3.71. The molecule has 1 aromatic carbocycles. The molecule has 2 heterocycles. The van der Waals surface area contributed by atoms with Crippen molar-refractivity contribution in [2.75, 3.05) is 27.2 Å². The molecule has 1 aliphatic heterocycles. The largest absolute Gasteiger partial charge is 0.481 e. The highest BCUT2D eigenvalue weighted by atomic mass is 16.5. The molecule has 0 atom stereocenters. The number of nitrogens with one attached hydrogen (secondary N) is 1. The Morgan fingerprint density at radius 3 is 2.38 bits per heavy atom. The number of rotatable bonds is 7. The van der Waals surface area contributed by atoms with Crippen molar-refractivity contribution in [3.05, 3.63) is 59.3 Å². The van der Waals surface area contributed by atoms with E-state index in [0.717, 1.165) is 38.8 Å². The van der Waals surface area contributed by atoms with Crippen LogP contribution in [0.5, 0.6) is 5.88 Å². The molecule has 1 saturated heterocycles. The maximum atomic E-state index is 12.6. The van der Waals surface area contributed by atoms with Gasteiger partial charge in [0.15, 0.2) is 0 Å². The number of likely N-dealkylation sites (tertiary alicyclic amines) is 1. The molecule has 2 amide bonds. The summed E-state index contributed by atoms with van der Waals surface area (Å²) in [6.07, 6.45) is 5.91. The van der Waals surface area contributed by atoms with Crippen LogP contribution in [0.4, 0.5) is 0 Å². The first-order chi connectivity index (χ1) is 14.1. The average molecular weight is 396 g/mol. The standard InChI is InChI=1S/C23H29N3O3/c1-24-21(27)9-7-17-3-5-18(6-4-17)15-19-11-13-26(14-12-19)23(28)20-8-10-22(29-2)25-16-20/h3-6,8,10,16,19H,7,9,11-15H2,1-2H3,(H,24,27). The molecule has 0 spiro atoms. The Kier molecular flexibility index (Phi) is 7.22. The summed E-state index contributed by atoms with van der Waals surface area (Å²) >= 11 is 0. The Morgan fingerprint density at radius 1 is 1.10 bits per heavy atom. The molecule has 154 valence electrons. The number of carbonyl (C=O) groups is 2. The second kappa shape index (κ2) is 10.0. The van der Waals surface area contributed by atoms with Crippen LogP contribution in [0.25, 0.3) is 0 Å². The van der Waals surface area contributed by atoms with Crippen LogP contribution in [0.2, 0.25) is 0 Å². The SMILES string of the molecule is CNC(=O)CCc1ccc(CC2CCN(C(=O)c3ccc(OC)nc3)CC2)cc1. The van der Waals surface area contributed by atoms with E-state index in [2.05, 4.69) is 34.6 Å². The van der Waals surface area contributed by atoms with E-state index in [0.29, 0.717) is 23.8 Å². The van der Waals surface area contributed by atoms with Crippen LogP contribution in [0.1, 0.15) is 40.7 Å². The Balaban J connectivity index is 1.46. The Labute approximate surface area is 172 Å². The number of pyridine rings is 1. The Morgan fingerprint density at radius 2 is 1.79 bits per heavy atom. The molecule has 0 radical (unpaired) electrons. The first-order valence-electron chi connectivity index (χ1n) is 10.2. The van der Waals surface area contributed by atoms with Crippen LogP contribution in [0.15, 0.2) is 42.6 Å². The number of aryl methyl sites for hydroxylation is 1. The lowest BCUT2D eigenvalue weighted by Gasteiger charge is -2.32. The summed E-state index contributed by atoms with van der Waals surface area (Å²) in [7, 11) is 3.23. The van der Waals surface area contributed by atoms with Crippen LogP contribution >= 0.6 is 0 Å². The first kappa shape index (κ1) is 20.8. The molecule has 6 heteroatoms. The molecule has 1 N–H and O–H groups in total. The van der Waals surface area contributed by atoms with Gasteiger partial charge in [-0.05, 0) is 48.8 Å².